The van der Waals surface area contributed by atoms with Crippen molar-refractivity contribution in [2.75, 3.05) is 13.2 Å². The number of phenolic OH excluding ortho intramolecular Hbond substituents is 1. The van der Waals surface area contributed by atoms with Crippen molar-refractivity contribution >= 4 is 17.7 Å². The quantitative estimate of drug-likeness (QED) is 0.560. The molecule has 0 aromatic heterocycles. The lowest BCUT2D eigenvalue weighted by molar-refractivity contribution is -0.168. The molecule has 6 bridgehead atoms. The highest BCUT2D eigenvalue weighted by Crippen LogP contribution is 2.61. The lowest BCUT2D eigenvalue weighted by atomic mass is 9.49. The molecule has 7 aliphatic rings. The van der Waals surface area contributed by atoms with Gasteiger partial charge in [-0.05, 0) is 97.8 Å². The van der Waals surface area contributed by atoms with Crippen molar-refractivity contribution in [3.05, 3.63) is 29.3 Å². The highest BCUT2D eigenvalue weighted by Gasteiger charge is 2.58. The van der Waals surface area contributed by atoms with E-state index in [0.717, 1.165) is 29.7 Å². The largest absolute Gasteiger partial charge is 0.508 e. The molecule has 0 radical (unpaired) electrons. The first-order valence-corrected chi connectivity index (χ1v) is 13.6. The molecule has 6 nitrogen and oxygen atoms in total. The number of hydrogen-bond donors (Lipinski definition) is 1. The molecule has 0 saturated heterocycles. The smallest absolute Gasteiger partial charge is 0.310 e. The predicted octanol–water partition coefficient (Wildman–Crippen LogP) is 4.88. The van der Waals surface area contributed by atoms with Crippen LogP contribution in [0.4, 0.5) is 0 Å². The highest BCUT2D eigenvalue weighted by molar-refractivity contribution is 5.99. The summed E-state index contributed by atoms with van der Waals surface area (Å²) in [5, 5.41) is 10.1. The number of Topliss-reactive ketones (excluding diaryl/α,β-unsaturated/α-hetero) is 1. The Balaban J connectivity index is 1.22. The minimum absolute atomic E-state index is 0.0551. The Labute approximate surface area is 206 Å². The maximum Gasteiger partial charge on any atom is 0.310 e. The third kappa shape index (κ3) is 3.88. The number of benzene rings is 1. The summed E-state index contributed by atoms with van der Waals surface area (Å²) in [5.41, 5.74) is 1.84. The van der Waals surface area contributed by atoms with Crippen molar-refractivity contribution in [1.29, 1.82) is 0 Å². The molecular weight excluding hydrogens is 444 g/mol. The Hall–Kier alpha value is -2.37. The van der Waals surface area contributed by atoms with E-state index < -0.39 is 29.6 Å². The lowest BCUT2D eigenvalue weighted by Gasteiger charge is -2.57. The van der Waals surface area contributed by atoms with Gasteiger partial charge in [0.2, 0.25) is 0 Å². The van der Waals surface area contributed by atoms with E-state index >= 15 is 0 Å². The Morgan fingerprint density at radius 1 is 0.943 bits per heavy atom. The van der Waals surface area contributed by atoms with Gasteiger partial charge in [0.1, 0.15) is 11.5 Å². The number of aromatic hydroxyl groups is 1. The number of ketones is 1. The van der Waals surface area contributed by atoms with Gasteiger partial charge in [0.25, 0.3) is 0 Å². The summed E-state index contributed by atoms with van der Waals surface area (Å²) < 4.78 is 11.4. The van der Waals surface area contributed by atoms with Gasteiger partial charge < -0.3 is 14.6 Å². The number of carbonyl (C=O) groups is 3. The predicted molar refractivity (Wildman–Crippen MR) is 128 cm³/mol. The molecule has 2 unspecified atom stereocenters. The van der Waals surface area contributed by atoms with Gasteiger partial charge in [0.15, 0.2) is 0 Å². The molecule has 1 aromatic rings. The average molecular weight is 481 g/mol. The molecule has 188 valence electrons. The Morgan fingerprint density at radius 3 is 2.23 bits per heavy atom. The summed E-state index contributed by atoms with van der Waals surface area (Å²) >= 11 is 0. The molecule has 7 aliphatic carbocycles. The number of fused-ring (bicyclic) bond motifs is 2. The highest BCUT2D eigenvalue weighted by atomic mass is 16.5. The van der Waals surface area contributed by atoms with E-state index in [2.05, 4.69) is 0 Å². The number of hydrogen-bond acceptors (Lipinski definition) is 6. The van der Waals surface area contributed by atoms with Crippen molar-refractivity contribution in [2.24, 2.45) is 35.0 Å². The summed E-state index contributed by atoms with van der Waals surface area (Å²) in [6.07, 6.45) is 9.73. The minimum Gasteiger partial charge on any atom is -0.508 e. The van der Waals surface area contributed by atoms with Gasteiger partial charge in [-0.3, -0.25) is 14.4 Å². The van der Waals surface area contributed by atoms with E-state index in [9.17, 15) is 19.5 Å². The van der Waals surface area contributed by atoms with Crippen LogP contribution in [0.1, 0.15) is 87.7 Å². The standard InChI is InChI=1S/C29H36O6/c1-2-6-34-28(33)26-24-21-11-19(30)3-4-20(21)22(12-23(24)31)25(26)27(32)35-7-5-29-13-16-8-17(14-29)10-18(9-16)15-29/h3-4,11,16-18,22,24-26,30H,2,5-10,12-15H2,1H3/t16?,17?,18?,22?,24?,25-,26-,29?/m1/s1. The van der Waals surface area contributed by atoms with E-state index in [1.807, 2.05) is 6.92 Å². The Morgan fingerprint density at radius 2 is 1.57 bits per heavy atom. The zero-order chi connectivity index (χ0) is 24.3. The van der Waals surface area contributed by atoms with Crippen LogP contribution in [0.5, 0.6) is 5.75 Å². The van der Waals surface area contributed by atoms with Gasteiger partial charge in [0.05, 0.1) is 31.0 Å². The van der Waals surface area contributed by atoms with E-state index in [-0.39, 0.29) is 30.5 Å². The van der Waals surface area contributed by atoms with Gasteiger partial charge in [-0.25, -0.2) is 0 Å². The molecule has 0 heterocycles. The zero-order valence-corrected chi connectivity index (χ0v) is 20.5. The Kier molecular flexibility index (Phi) is 5.69. The molecule has 4 atom stereocenters. The zero-order valence-electron chi connectivity index (χ0n) is 20.5. The second-order valence-electron chi connectivity index (χ2n) is 12.1. The lowest BCUT2D eigenvalue weighted by Crippen LogP contribution is -2.51. The molecule has 8 rings (SSSR count). The summed E-state index contributed by atoms with van der Waals surface area (Å²) in [4.78, 5) is 39.7. The molecule has 1 aromatic carbocycles. The van der Waals surface area contributed by atoms with E-state index in [4.69, 9.17) is 9.47 Å². The van der Waals surface area contributed by atoms with Crippen molar-refractivity contribution < 1.29 is 29.0 Å². The summed E-state index contributed by atoms with van der Waals surface area (Å²) in [5.74, 6) is -1.16. The molecule has 5 fully saturated rings. The third-order valence-corrected chi connectivity index (χ3v) is 9.79. The van der Waals surface area contributed by atoms with Gasteiger partial charge in [-0.1, -0.05) is 13.0 Å². The fourth-order valence-corrected chi connectivity index (χ4v) is 8.92. The third-order valence-electron chi connectivity index (χ3n) is 9.79. The minimum atomic E-state index is -0.894. The molecule has 0 aliphatic heterocycles. The first kappa shape index (κ1) is 23.1. The Bertz CT molecular complexity index is 1010. The van der Waals surface area contributed by atoms with E-state index in [0.29, 0.717) is 24.0 Å². The van der Waals surface area contributed by atoms with Gasteiger partial charge in [-0.15, -0.1) is 0 Å². The van der Waals surface area contributed by atoms with Crippen molar-refractivity contribution in [2.45, 2.75) is 76.5 Å². The van der Waals surface area contributed by atoms with Crippen LogP contribution in [-0.2, 0) is 23.9 Å². The average Bonchev–Trinajstić information content (AvgIpc) is 2.80. The van der Waals surface area contributed by atoms with Crippen LogP contribution < -0.4 is 0 Å². The van der Waals surface area contributed by atoms with Crippen LogP contribution in [0.25, 0.3) is 0 Å². The van der Waals surface area contributed by atoms with Crippen LogP contribution >= 0.6 is 0 Å². The SMILES string of the molecule is CCCOC(=O)[C@@H]1C2C(=O)CC(c3ccc(O)cc32)[C@H]1C(=O)OCCC12CC3CC(CC(C3)C1)C2. The molecular formula is C29H36O6. The van der Waals surface area contributed by atoms with Gasteiger partial charge in [-0.2, -0.15) is 0 Å². The summed E-state index contributed by atoms with van der Waals surface area (Å²) in [6.45, 7) is 2.54. The summed E-state index contributed by atoms with van der Waals surface area (Å²) in [6, 6.07) is 4.95. The number of rotatable bonds is 7. The fraction of sp³-hybridized carbons (Fsp3) is 0.690. The number of carbonyl (C=O) groups excluding carboxylic acids is 3. The molecule has 1 N–H and O–H groups in total. The molecule has 0 spiro atoms. The molecule has 35 heavy (non-hydrogen) atoms. The number of ether oxygens (including phenoxy) is 2. The first-order chi connectivity index (χ1) is 16.9. The van der Waals surface area contributed by atoms with Crippen molar-refractivity contribution in [3.8, 4) is 5.75 Å². The normalized spacial score (nSPS) is 38.3. The number of esters is 2. The van der Waals surface area contributed by atoms with Gasteiger partial charge in [0, 0.05) is 12.3 Å². The second kappa shape index (κ2) is 8.63. The summed E-state index contributed by atoms with van der Waals surface area (Å²) in [7, 11) is 0. The second-order valence-corrected chi connectivity index (χ2v) is 12.1. The topological polar surface area (TPSA) is 89.9 Å². The molecule has 0 amide bonds. The van der Waals surface area contributed by atoms with Gasteiger partial charge >= 0.3 is 11.9 Å². The van der Waals surface area contributed by atoms with Crippen LogP contribution in [0.3, 0.4) is 0 Å². The maximum atomic E-state index is 13.6. The van der Waals surface area contributed by atoms with E-state index in [1.54, 1.807) is 18.2 Å². The van der Waals surface area contributed by atoms with Crippen LogP contribution in [0.2, 0.25) is 0 Å². The first-order valence-electron chi connectivity index (χ1n) is 13.6. The van der Waals surface area contributed by atoms with E-state index in [1.165, 1.54) is 38.5 Å². The maximum absolute atomic E-state index is 13.6. The van der Waals surface area contributed by atoms with Crippen molar-refractivity contribution in [1.82, 2.24) is 0 Å². The monoisotopic (exact) mass is 480 g/mol. The van der Waals surface area contributed by atoms with Crippen LogP contribution in [-0.4, -0.2) is 36.0 Å². The van der Waals surface area contributed by atoms with Crippen molar-refractivity contribution in [3.63, 3.8) is 0 Å². The molecule has 6 heteroatoms. The number of phenols is 1. The fourth-order valence-electron chi connectivity index (χ4n) is 8.92. The van der Waals surface area contributed by atoms with Crippen LogP contribution in [0, 0.1) is 35.0 Å². The van der Waals surface area contributed by atoms with Crippen LogP contribution in [0.15, 0.2) is 18.2 Å². The molecule has 5 saturated carbocycles.